The molecule has 51 valence electrons. The lowest BCUT2D eigenvalue weighted by molar-refractivity contribution is 1.27. The standard InChI is InChI=1S/C8H8NO/c1-2-7-3-5-8(9-10)6-4-7/h3-6H,1-2H2. The van der Waals surface area contributed by atoms with E-state index in [2.05, 4.69) is 12.1 Å². The predicted octanol–water partition coefficient (Wildman–Crippen LogP) is 2.46. The summed E-state index contributed by atoms with van der Waals surface area (Å²) in [5, 5.41) is 2.78. The van der Waals surface area contributed by atoms with E-state index in [-0.39, 0.29) is 0 Å². The fourth-order valence-electron chi connectivity index (χ4n) is 0.723. The summed E-state index contributed by atoms with van der Waals surface area (Å²) in [4.78, 5) is 9.94. The highest BCUT2D eigenvalue weighted by atomic mass is 16.3. The summed E-state index contributed by atoms with van der Waals surface area (Å²) >= 11 is 0. The lowest BCUT2D eigenvalue weighted by Gasteiger charge is -1.92. The highest BCUT2D eigenvalue weighted by Gasteiger charge is 1.89. The number of hydrogen-bond acceptors (Lipinski definition) is 2. The third-order valence-corrected chi connectivity index (χ3v) is 1.33. The lowest BCUT2D eigenvalue weighted by atomic mass is 10.2. The molecular weight excluding hydrogens is 126 g/mol. The van der Waals surface area contributed by atoms with Crippen LogP contribution in [0.4, 0.5) is 5.69 Å². The van der Waals surface area contributed by atoms with Crippen molar-refractivity contribution in [2.75, 3.05) is 0 Å². The minimum absolute atomic E-state index is 0.470. The second-order valence-electron chi connectivity index (χ2n) is 2.01. The summed E-state index contributed by atoms with van der Waals surface area (Å²) in [6.07, 6.45) is 0.749. The minimum atomic E-state index is 0.470. The van der Waals surface area contributed by atoms with Crippen molar-refractivity contribution in [1.29, 1.82) is 0 Å². The van der Waals surface area contributed by atoms with Crippen molar-refractivity contribution in [3.05, 3.63) is 41.7 Å². The van der Waals surface area contributed by atoms with Crippen LogP contribution < -0.4 is 0 Å². The van der Waals surface area contributed by atoms with Crippen LogP contribution in [0.5, 0.6) is 0 Å². The van der Waals surface area contributed by atoms with Crippen LogP contribution in [0.25, 0.3) is 0 Å². The normalized spacial score (nSPS) is 9.30. The fourth-order valence-corrected chi connectivity index (χ4v) is 0.723. The zero-order valence-electron chi connectivity index (χ0n) is 5.58. The highest BCUT2D eigenvalue weighted by Crippen LogP contribution is 2.11. The molecule has 0 aliphatic rings. The molecule has 2 nitrogen and oxygen atoms in total. The molecule has 0 spiro atoms. The average Bonchev–Trinajstić information content (AvgIpc) is 2.05. The van der Waals surface area contributed by atoms with E-state index in [4.69, 9.17) is 0 Å². The monoisotopic (exact) mass is 134 g/mol. The Morgan fingerprint density at radius 2 is 1.90 bits per heavy atom. The quantitative estimate of drug-likeness (QED) is 0.571. The fraction of sp³-hybridized carbons (Fsp3) is 0.125. The maximum Gasteiger partial charge on any atom is 0.108 e. The van der Waals surface area contributed by atoms with Gasteiger partial charge in [0.15, 0.2) is 0 Å². The zero-order valence-corrected chi connectivity index (χ0v) is 5.58. The first-order valence-corrected chi connectivity index (χ1v) is 3.08. The van der Waals surface area contributed by atoms with Crippen molar-refractivity contribution in [2.24, 2.45) is 5.18 Å². The molecule has 10 heavy (non-hydrogen) atoms. The maximum absolute atomic E-state index is 9.94. The van der Waals surface area contributed by atoms with E-state index in [1.165, 1.54) is 0 Å². The van der Waals surface area contributed by atoms with Crippen molar-refractivity contribution in [2.45, 2.75) is 6.42 Å². The van der Waals surface area contributed by atoms with Crippen LogP contribution in [0.3, 0.4) is 0 Å². The van der Waals surface area contributed by atoms with Gasteiger partial charge in [0.1, 0.15) is 5.69 Å². The molecule has 2 heteroatoms. The summed E-state index contributed by atoms with van der Waals surface area (Å²) in [5.74, 6) is 0. The number of hydrogen-bond donors (Lipinski definition) is 0. The van der Waals surface area contributed by atoms with Crippen molar-refractivity contribution in [3.8, 4) is 0 Å². The Labute approximate surface area is 59.9 Å². The van der Waals surface area contributed by atoms with Gasteiger partial charge in [-0.25, -0.2) is 0 Å². The van der Waals surface area contributed by atoms with Gasteiger partial charge in [-0.15, -0.1) is 4.91 Å². The first-order chi connectivity index (χ1) is 4.86. The Hall–Kier alpha value is -1.18. The molecule has 0 N–H and O–H groups in total. The van der Waals surface area contributed by atoms with E-state index in [1.807, 2.05) is 12.1 Å². The lowest BCUT2D eigenvalue weighted by Crippen LogP contribution is -1.75. The number of nitroso groups, excluding NO2 is 1. The predicted molar refractivity (Wildman–Crippen MR) is 41.0 cm³/mol. The van der Waals surface area contributed by atoms with Gasteiger partial charge in [-0.3, -0.25) is 0 Å². The van der Waals surface area contributed by atoms with E-state index in [0.717, 1.165) is 12.0 Å². The van der Waals surface area contributed by atoms with Crippen LogP contribution in [0.15, 0.2) is 29.4 Å². The van der Waals surface area contributed by atoms with Crippen LogP contribution in [0, 0.1) is 11.8 Å². The first kappa shape index (κ1) is 6.93. The molecule has 0 saturated heterocycles. The Balaban J connectivity index is 2.90. The van der Waals surface area contributed by atoms with Crippen molar-refractivity contribution >= 4 is 5.69 Å². The van der Waals surface area contributed by atoms with Crippen LogP contribution >= 0.6 is 0 Å². The minimum Gasteiger partial charge on any atom is -0.145 e. The SMILES string of the molecule is [CH2]Cc1ccc(N=O)cc1. The summed E-state index contributed by atoms with van der Waals surface area (Å²) < 4.78 is 0. The molecule has 0 saturated carbocycles. The Morgan fingerprint density at radius 1 is 1.30 bits per heavy atom. The average molecular weight is 134 g/mol. The van der Waals surface area contributed by atoms with Gasteiger partial charge in [0.05, 0.1) is 0 Å². The van der Waals surface area contributed by atoms with Crippen LogP contribution in [-0.4, -0.2) is 0 Å². The smallest absolute Gasteiger partial charge is 0.108 e. The van der Waals surface area contributed by atoms with E-state index in [0.29, 0.717) is 5.69 Å². The molecule has 0 aliphatic heterocycles. The van der Waals surface area contributed by atoms with Crippen molar-refractivity contribution in [1.82, 2.24) is 0 Å². The first-order valence-electron chi connectivity index (χ1n) is 3.08. The molecule has 0 amide bonds. The summed E-state index contributed by atoms with van der Waals surface area (Å²) in [7, 11) is 0. The van der Waals surface area contributed by atoms with E-state index in [1.54, 1.807) is 12.1 Å². The molecule has 1 aromatic carbocycles. The summed E-state index contributed by atoms with van der Waals surface area (Å²) in [5.41, 5.74) is 1.59. The van der Waals surface area contributed by atoms with Gasteiger partial charge in [0, 0.05) is 0 Å². The number of benzene rings is 1. The molecule has 0 atom stereocenters. The molecule has 0 unspecified atom stereocenters. The number of rotatable bonds is 2. The summed E-state index contributed by atoms with van der Waals surface area (Å²) in [6.45, 7) is 3.70. The summed E-state index contributed by atoms with van der Waals surface area (Å²) in [6, 6.07) is 7.08. The molecular formula is C8H8NO. The van der Waals surface area contributed by atoms with Gasteiger partial charge in [-0.05, 0) is 36.2 Å². The largest absolute Gasteiger partial charge is 0.145 e. The third-order valence-electron chi connectivity index (χ3n) is 1.33. The molecule has 0 fully saturated rings. The van der Waals surface area contributed by atoms with Gasteiger partial charge in [-0.1, -0.05) is 12.1 Å². The van der Waals surface area contributed by atoms with E-state index < -0.39 is 0 Å². The van der Waals surface area contributed by atoms with Gasteiger partial charge >= 0.3 is 0 Å². The third kappa shape index (κ3) is 1.41. The molecule has 0 heterocycles. The van der Waals surface area contributed by atoms with Crippen LogP contribution in [-0.2, 0) is 6.42 Å². The van der Waals surface area contributed by atoms with Crippen molar-refractivity contribution in [3.63, 3.8) is 0 Å². The maximum atomic E-state index is 9.94. The van der Waals surface area contributed by atoms with Crippen LogP contribution in [0.1, 0.15) is 5.56 Å². The van der Waals surface area contributed by atoms with Gasteiger partial charge < -0.3 is 0 Å². The zero-order chi connectivity index (χ0) is 7.40. The van der Waals surface area contributed by atoms with Crippen molar-refractivity contribution < 1.29 is 0 Å². The van der Waals surface area contributed by atoms with Gasteiger partial charge in [0.2, 0.25) is 0 Å². The Morgan fingerprint density at radius 3 is 2.30 bits per heavy atom. The van der Waals surface area contributed by atoms with E-state index >= 15 is 0 Å². The highest BCUT2D eigenvalue weighted by molar-refractivity contribution is 5.38. The Kier molecular flexibility index (Phi) is 2.15. The molecule has 1 aromatic rings. The molecule has 1 radical (unpaired) electrons. The molecule has 0 bridgehead atoms. The van der Waals surface area contributed by atoms with Gasteiger partial charge in [0.25, 0.3) is 0 Å². The Bertz CT molecular complexity index is 215. The molecule has 0 aromatic heterocycles. The second-order valence-corrected chi connectivity index (χ2v) is 2.01. The van der Waals surface area contributed by atoms with E-state index in [9.17, 15) is 4.91 Å². The van der Waals surface area contributed by atoms with Crippen LogP contribution in [0.2, 0.25) is 0 Å². The topological polar surface area (TPSA) is 29.4 Å². The van der Waals surface area contributed by atoms with Gasteiger partial charge in [-0.2, -0.15) is 0 Å². The second kappa shape index (κ2) is 3.11. The number of nitrogens with zero attached hydrogens (tertiary/aromatic N) is 1. The molecule has 0 aliphatic carbocycles. The molecule has 1 rings (SSSR count).